The number of fused-ring (bicyclic) bond motifs is 1. The summed E-state index contributed by atoms with van der Waals surface area (Å²) in [6.45, 7) is 8.55. The molecular formula is C26H26N2. The Labute approximate surface area is 167 Å². The molecule has 0 aliphatic rings. The van der Waals surface area contributed by atoms with Crippen LogP contribution in [0.4, 0.5) is 22.7 Å². The molecule has 0 aromatic heterocycles. The van der Waals surface area contributed by atoms with Crippen molar-refractivity contribution >= 4 is 33.5 Å². The molecule has 0 aliphatic heterocycles. The van der Waals surface area contributed by atoms with E-state index in [9.17, 15) is 0 Å². The quantitative estimate of drug-likeness (QED) is 0.389. The lowest BCUT2D eigenvalue weighted by molar-refractivity contribution is 1.37. The highest BCUT2D eigenvalue weighted by Gasteiger charge is 2.09. The van der Waals surface area contributed by atoms with Crippen LogP contribution in [0.1, 0.15) is 22.3 Å². The molecule has 28 heavy (non-hydrogen) atoms. The summed E-state index contributed by atoms with van der Waals surface area (Å²) in [5, 5.41) is 9.72. The van der Waals surface area contributed by atoms with Crippen molar-refractivity contribution in [2.75, 3.05) is 10.6 Å². The van der Waals surface area contributed by atoms with Crippen LogP contribution < -0.4 is 10.6 Å². The van der Waals surface area contributed by atoms with E-state index in [1.54, 1.807) is 0 Å². The molecule has 0 aliphatic carbocycles. The molecule has 0 spiro atoms. The smallest absolute Gasteiger partial charge is 0.0485 e. The Kier molecular flexibility index (Phi) is 4.79. The Bertz CT molecular complexity index is 1070. The van der Waals surface area contributed by atoms with E-state index in [2.05, 4.69) is 111 Å². The highest BCUT2D eigenvalue weighted by atomic mass is 14.9. The molecule has 2 heteroatoms. The van der Waals surface area contributed by atoms with Gasteiger partial charge in [-0.3, -0.25) is 0 Å². The van der Waals surface area contributed by atoms with E-state index >= 15 is 0 Å². The average Bonchev–Trinajstić information content (AvgIpc) is 2.66. The first-order chi connectivity index (χ1) is 13.5. The highest BCUT2D eigenvalue weighted by molar-refractivity contribution is 6.05. The predicted molar refractivity (Wildman–Crippen MR) is 122 cm³/mol. The summed E-state index contributed by atoms with van der Waals surface area (Å²) < 4.78 is 0. The minimum Gasteiger partial charge on any atom is -0.355 e. The van der Waals surface area contributed by atoms with E-state index < -0.39 is 0 Å². The van der Waals surface area contributed by atoms with Crippen molar-refractivity contribution in [1.29, 1.82) is 0 Å². The molecule has 0 radical (unpaired) electrons. The molecular weight excluding hydrogens is 340 g/mol. The van der Waals surface area contributed by atoms with Crippen LogP contribution in [0.25, 0.3) is 10.8 Å². The predicted octanol–water partition coefficient (Wildman–Crippen LogP) is 7.56. The maximum atomic E-state index is 3.65. The van der Waals surface area contributed by atoms with Gasteiger partial charge in [0.05, 0.1) is 0 Å². The summed E-state index contributed by atoms with van der Waals surface area (Å²) >= 11 is 0. The zero-order valence-electron chi connectivity index (χ0n) is 16.9. The lowest BCUT2D eigenvalue weighted by atomic mass is 10.0. The fourth-order valence-electron chi connectivity index (χ4n) is 3.75. The number of rotatable bonds is 4. The Morgan fingerprint density at radius 3 is 1.39 bits per heavy atom. The SMILES string of the molecule is Cc1ccc(Nc2cccc3cccc(Nc4ccc(C)cc4C)c23)c(C)c1. The van der Waals surface area contributed by atoms with Gasteiger partial charge in [0.25, 0.3) is 0 Å². The molecule has 0 fully saturated rings. The van der Waals surface area contributed by atoms with Gasteiger partial charge in [0.1, 0.15) is 0 Å². The largest absolute Gasteiger partial charge is 0.355 e. The number of hydrogen-bond donors (Lipinski definition) is 2. The summed E-state index contributed by atoms with van der Waals surface area (Å²) in [6, 6.07) is 25.9. The van der Waals surface area contributed by atoms with Gasteiger partial charge in [-0.25, -0.2) is 0 Å². The van der Waals surface area contributed by atoms with Gasteiger partial charge in [-0.2, -0.15) is 0 Å². The number of benzene rings is 4. The summed E-state index contributed by atoms with van der Waals surface area (Å²) in [5.74, 6) is 0. The zero-order chi connectivity index (χ0) is 19.7. The maximum absolute atomic E-state index is 3.65. The van der Waals surface area contributed by atoms with E-state index in [1.807, 2.05) is 0 Å². The summed E-state index contributed by atoms with van der Waals surface area (Å²) in [4.78, 5) is 0. The molecule has 2 nitrogen and oxygen atoms in total. The van der Waals surface area contributed by atoms with Crippen molar-refractivity contribution < 1.29 is 0 Å². The number of nitrogens with one attached hydrogen (secondary N) is 2. The van der Waals surface area contributed by atoms with E-state index in [0.717, 1.165) is 22.7 Å². The number of hydrogen-bond acceptors (Lipinski definition) is 2. The topological polar surface area (TPSA) is 24.1 Å². The third kappa shape index (κ3) is 3.59. The van der Waals surface area contributed by atoms with Gasteiger partial charge in [-0.05, 0) is 68.5 Å². The van der Waals surface area contributed by atoms with E-state index in [4.69, 9.17) is 0 Å². The Morgan fingerprint density at radius 2 is 0.964 bits per heavy atom. The van der Waals surface area contributed by atoms with Crippen molar-refractivity contribution in [3.63, 3.8) is 0 Å². The zero-order valence-corrected chi connectivity index (χ0v) is 16.9. The first kappa shape index (κ1) is 18.1. The Morgan fingerprint density at radius 1 is 0.500 bits per heavy atom. The first-order valence-corrected chi connectivity index (χ1v) is 9.71. The van der Waals surface area contributed by atoms with Crippen LogP contribution in [-0.4, -0.2) is 0 Å². The number of aryl methyl sites for hydroxylation is 4. The second-order valence-electron chi connectivity index (χ2n) is 7.60. The minimum absolute atomic E-state index is 1.11. The summed E-state index contributed by atoms with van der Waals surface area (Å²) in [6.07, 6.45) is 0. The van der Waals surface area contributed by atoms with E-state index in [0.29, 0.717) is 0 Å². The molecule has 0 bridgehead atoms. The van der Waals surface area contributed by atoms with Crippen LogP contribution in [0.15, 0.2) is 72.8 Å². The minimum atomic E-state index is 1.11. The standard InChI is InChI=1S/C26H26N2/c1-17-11-13-22(19(3)15-17)27-24-9-5-7-21-8-6-10-25(26(21)24)28-23-14-12-18(2)16-20(23)4/h5-16,27-28H,1-4H3. The second kappa shape index (κ2) is 7.40. The van der Waals surface area contributed by atoms with Crippen molar-refractivity contribution in [2.45, 2.75) is 27.7 Å². The van der Waals surface area contributed by atoms with Gasteiger partial charge in [0.2, 0.25) is 0 Å². The second-order valence-corrected chi connectivity index (χ2v) is 7.60. The van der Waals surface area contributed by atoms with E-state index in [1.165, 1.54) is 33.0 Å². The van der Waals surface area contributed by atoms with Crippen molar-refractivity contribution in [1.82, 2.24) is 0 Å². The molecule has 4 aromatic rings. The van der Waals surface area contributed by atoms with Crippen LogP contribution in [0.2, 0.25) is 0 Å². The van der Waals surface area contributed by atoms with Gasteiger partial charge in [0, 0.05) is 28.1 Å². The number of anilines is 4. The van der Waals surface area contributed by atoms with Gasteiger partial charge in [-0.15, -0.1) is 0 Å². The van der Waals surface area contributed by atoms with Crippen molar-refractivity contribution in [3.05, 3.63) is 95.1 Å². The van der Waals surface area contributed by atoms with Gasteiger partial charge < -0.3 is 10.6 Å². The monoisotopic (exact) mass is 366 g/mol. The fraction of sp³-hybridized carbons (Fsp3) is 0.154. The average molecular weight is 367 g/mol. The molecule has 0 saturated carbocycles. The van der Waals surface area contributed by atoms with Crippen LogP contribution in [-0.2, 0) is 0 Å². The lowest BCUT2D eigenvalue weighted by Gasteiger charge is -2.17. The molecule has 4 rings (SSSR count). The third-order valence-electron chi connectivity index (χ3n) is 5.21. The van der Waals surface area contributed by atoms with Crippen LogP contribution in [0.5, 0.6) is 0 Å². The van der Waals surface area contributed by atoms with Gasteiger partial charge >= 0.3 is 0 Å². The molecule has 0 unspecified atom stereocenters. The van der Waals surface area contributed by atoms with Crippen molar-refractivity contribution in [2.24, 2.45) is 0 Å². The van der Waals surface area contributed by atoms with Crippen molar-refractivity contribution in [3.8, 4) is 0 Å². The summed E-state index contributed by atoms with van der Waals surface area (Å²) in [5.41, 5.74) is 9.54. The molecule has 2 N–H and O–H groups in total. The maximum Gasteiger partial charge on any atom is 0.0485 e. The molecule has 0 saturated heterocycles. The molecule has 140 valence electrons. The fourth-order valence-corrected chi connectivity index (χ4v) is 3.75. The lowest BCUT2D eigenvalue weighted by Crippen LogP contribution is -1.98. The van der Waals surface area contributed by atoms with Crippen LogP contribution >= 0.6 is 0 Å². The molecule has 4 aromatic carbocycles. The van der Waals surface area contributed by atoms with E-state index in [-0.39, 0.29) is 0 Å². The Hall–Kier alpha value is -3.26. The van der Waals surface area contributed by atoms with Crippen LogP contribution in [0.3, 0.4) is 0 Å². The van der Waals surface area contributed by atoms with Gasteiger partial charge in [-0.1, -0.05) is 59.7 Å². The highest BCUT2D eigenvalue weighted by Crippen LogP contribution is 2.35. The normalized spacial score (nSPS) is 10.9. The molecule has 0 amide bonds. The molecule has 0 heterocycles. The van der Waals surface area contributed by atoms with Gasteiger partial charge in [0.15, 0.2) is 0 Å². The summed E-state index contributed by atoms with van der Waals surface area (Å²) in [7, 11) is 0. The third-order valence-corrected chi connectivity index (χ3v) is 5.21. The van der Waals surface area contributed by atoms with Crippen LogP contribution in [0, 0.1) is 27.7 Å². The Balaban J connectivity index is 1.79. The molecule has 0 atom stereocenters. The first-order valence-electron chi connectivity index (χ1n) is 9.71.